The predicted octanol–water partition coefficient (Wildman–Crippen LogP) is 0.607. The van der Waals surface area contributed by atoms with Crippen molar-refractivity contribution in [2.45, 2.75) is 38.3 Å². The lowest BCUT2D eigenvalue weighted by molar-refractivity contribution is -0.136. The maximum atomic E-state index is 13.2. The molecular weight excluding hydrogens is 372 g/mol. The number of likely N-dealkylation sites (tertiary alicyclic amines) is 1. The van der Waals surface area contributed by atoms with E-state index in [9.17, 15) is 14.4 Å². The van der Waals surface area contributed by atoms with Crippen LogP contribution in [-0.4, -0.2) is 63.3 Å². The molecule has 1 unspecified atom stereocenters. The van der Waals surface area contributed by atoms with E-state index >= 15 is 0 Å². The summed E-state index contributed by atoms with van der Waals surface area (Å²) in [5.41, 5.74) is 1.87. The van der Waals surface area contributed by atoms with Crippen LogP contribution in [0.1, 0.15) is 30.5 Å². The Hall–Kier alpha value is -2.74. The summed E-state index contributed by atoms with van der Waals surface area (Å²) in [6, 6.07) is 5.64. The van der Waals surface area contributed by atoms with Gasteiger partial charge in [0.1, 0.15) is 5.65 Å². The standard InChI is InChI=1S/C21H24N4O4/c26-19-11-14(12-25(19)15-5-9-29-10-6-15)20(27)23-8-4-17-16(13-23)21(28)24-7-2-1-3-18(24)22-17/h1-3,7,14-15H,4-6,8-13H2. The van der Waals surface area contributed by atoms with Gasteiger partial charge in [0.25, 0.3) is 5.56 Å². The molecule has 8 heteroatoms. The maximum Gasteiger partial charge on any atom is 0.263 e. The second kappa shape index (κ2) is 7.26. The molecular formula is C21H24N4O4. The molecule has 5 rings (SSSR count). The Morgan fingerprint density at radius 1 is 1.17 bits per heavy atom. The van der Waals surface area contributed by atoms with E-state index < -0.39 is 0 Å². The highest BCUT2D eigenvalue weighted by molar-refractivity contribution is 5.89. The number of fused-ring (bicyclic) bond motifs is 2. The summed E-state index contributed by atoms with van der Waals surface area (Å²) in [4.78, 5) is 46.8. The summed E-state index contributed by atoms with van der Waals surface area (Å²) in [5, 5.41) is 0. The number of ether oxygens (including phenoxy) is 1. The smallest absolute Gasteiger partial charge is 0.263 e. The first-order valence-electron chi connectivity index (χ1n) is 10.3. The van der Waals surface area contributed by atoms with Crippen molar-refractivity contribution in [1.82, 2.24) is 19.2 Å². The van der Waals surface area contributed by atoms with Crippen LogP contribution in [-0.2, 0) is 27.3 Å². The third-order valence-electron chi connectivity index (χ3n) is 6.33. The van der Waals surface area contributed by atoms with Crippen LogP contribution in [0.3, 0.4) is 0 Å². The number of carbonyl (C=O) groups excluding carboxylic acids is 2. The minimum atomic E-state index is -0.330. The van der Waals surface area contributed by atoms with Crippen molar-refractivity contribution in [1.29, 1.82) is 0 Å². The topological polar surface area (TPSA) is 84.2 Å². The van der Waals surface area contributed by atoms with Gasteiger partial charge in [0.15, 0.2) is 0 Å². The molecule has 2 amide bonds. The van der Waals surface area contributed by atoms with Crippen LogP contribution in [0, 0.1) is 5.92 Å². The molecule has 3 aliphatic rings. The molecule has 2 saturated heterocycles. The summed E-state index contributed by atoms with van der Waals surface area (Å²) in [6.07, 6.45) is 4.19. The molecule has 2 fully saturated rings. The van der Waals surface area contributed by atoms with Gasteiger partial charge in [-0.05, 0) is 25.0 Å². The highest BCUT2D eigenvalue weighted by atomic mass is 16.5. The number of hydrogen-bond donors (Lipinski definition) is 0. The van der Waals surface area contributed by atoms with Gasteiger partial charge in [0.2, 0.25) is 11.8 Å². The molecule has 5 heterocycles. The fourth-order valence-corrected chi connectivity index (χ4v) is 4.74. The van der Waals surface area contributed by atoms with Crippen LogP contribution in [0.4, 0.5) is 0 Å². The lowest BCUT2D eigenvalue weighted by Crippen LogP contribution is -2.44. The predicted molar refractivity (Wildman–Crippen MR) is 104 cm³/mol. The number of hydrogen-bond acceptors (Lipinski definition) is 5. The van der Waals surface area contributed by atoms with Crippen LogP contribution in [0.25, 0.3) is 5.65 Å². The Labute approximate surface area is 168 Å². The monoisotopic (exact) mass is 396 g/mol. The van der Waals surface area contributed by atoms with Gasteiger partial charge in [-0.2, -0.15) is 0 Å². The third kappa shape index (κ3) is 3.21. The van der Waals surface area contributed by atoms with Crippen LogP contribution in [0.5, 0.6) is 0 Å². The lowest BCUT2D eigenvalue weighted by Gasteiger charge is -2.32. The van der Waals surface area contributed by atoms with E-state index in [1.807, 2.05) is 17.0 Å². The zero-order valence-corrected chi connectivity index (χ0v) is 16.2. The van der Waals surface area contributed by atoms with Crippen molar-refractivity contribution in [3.63, 3.8) is 0 Å². The Kier molecular flexibility index (Phi) is 4.58. The molecule has 0 bridgehead atoms. The van der Waals surface area contributed by atoms with Crippen molar-refractivity contribution < 1.29 is 14.3 Å². The van der Waals surface area contributed by atoms with Crippen LogP contribution in [0.2, 0.25) is 0 Å². The van der Waals surface area contributed by atoms with Crippen molar-refractivity contribution in [2.75, 3.05) is 26.3 Å². The third-order valence-corrected chi connectivity index (χ3v) is 6.33. The van der Waals surface area contributed by atoms with Gasteiger partial charge >= 0.3 is 0 Å². The van der Waals surface area contributed by atoms with Gasteiger partial charge in [0, 0.05) is 51.4 Å². The molecule has 0 aliphatic carbocycles. The molecule has 29 heavy (non-hydrogen) atoms. The molecule has 8 nitrogen and oxygen atoms in total. The zero-order valence-electron chi connectivity index (χ0n) is 16.2. The molecule has 152 valence electrons. The van der Waals surface area contributed by atoms with Gasteiger partial charge in [-0.15, -0.1) is 0 Å². The van der Waals surface area contributed by atoms with Crippen molar-refractivity contribution >= 4 is 17.5 Å². The summed E-state index contributed by atoms with van der Waals surface area (Å²) in [6.45, 7) is 2.60. The number of rotatable bonds is 2. The molecule has 0 N–H and O–H groups in total. The molecule has 0 aromatic carbocycles. The molecule has 0 saturated carbocycles. The number of nitrogens with zero attached hydrogens (tertiary/aromatic N) is 4. The second-order valence-corrected chi connectivity index (χ2v) is 8.07. The average Bonchev–Trinajstić information content (AvgIpc) is 3.15. The number of pyridine rings is 1. The highest BCUT2D eigenvalue weighted by Crippen LogP contribution is 2.27. The lowest BCUT2D eigenvalue weighted by atomic mass is 10.0. The summed E-state index contributed by atoms with van der Waals surface area (Å²) < 4.78 is 6.91. The maximum absolute atomic E-state index is 13.2. The first kappa shape index (κ1) is 18.3. The van der Waals surface area contributed by atoms with E-state index in [0.717, 1.165) is 18.5 Å². The number of amides is 2. The molecule has 2 aromatic heterocycles. The normalized spacial score (nSPS) is 22.9. The second-order valence-electron chi connectivity index (χ2n) is 8.07. The van der Waals surface area contributed by atoms with Gasteiger partial charge in [-0.25, -0.2) is 4.98 Å². The molecule has 0 spiro atoms. The largest absolute Gasteiger partial charge is 0.381 e. The van der Waals surface area contributed by atoms with Crippen molar-refractivity contribution in [3.8, 4) is 0 Å². The van der Waals surface area contributed by atoms with Gasteiger partial charge < -0.3 is 14.5 Å². The minimum Gasteiger partial charge on any atom is -0.381 e. The van der Waals surface area contributed by atoms with E-state index in [-0.39, 0.29) is 42.3 Å². The van der Waals surface area contributed by atoms with Crippen LogP contribution in [0.15, 0.2) is 29.2 Å². The number of aromatic nitrogens is 2. The zero-order chi connectivity index (χ0) is 20.0. The van der Waals surface area contributed by atoms with E-state index in [2.05, 4.69) is 4.98 Å². The molecule has 2 aromatic rings. The minimum absolute atomic E-state index is 0.0314. The van der Waals surface area contributed by atoms with E-state index in [4.69, 9.17) is 4.74 Å². The Morgan fingerprint density at radius 2 is 2.00 bits per heavy atom. The Bertz CT molecular complexity index is 1030. The van der Waals surface area contributed by atoms with Gasteiger partial charge in [0.05, 0.1) is 23.7 Å². The summed E-state index contributed by atoms with van der Waals surface area (Å²) in [7, 11) is 0. The SMILES string of the molecule is O=C(C1CC(=O)N(C2CCOCC2)C1)N1CCc2nc3ccccn3c(=O)c2C1. The molecule has 0 radical (unpaired) electrons. The number of carbonyl (C=O) groups is 2. The average molecular weight is 396 g/mol. The van der Waals surface area contributed by atoms with Gasteiger partial charge in [-0.3, -0.25) is 18.8 Å². The van der Waals surface area contributed by atoms with E-state index in [1.165, 1.54) is 4.40 Å². The van der Waals surface area contributed by atoms with Crippen molar-refractivity contribution in [2.24, 2.45) is 5.92 Å². The Balaban J connectivity index is 1.34. The highest BCUT2D eigenvalue weighted by Gasteiger charge is 2.40. The van der Waals surface area contributed by atoms with Crippen LogP contribution < -0.4 is 5.56 Å². The summed E-state index contributed by atoms with van der Waals surface area (Å²) >= 11 is 0. The van der Waals surface area contributed by atoms with E-state index in [0.29, 0.717) is 43.9 Å². The van der Waals surface area contributed by atoms with Crippen molar-refractivity contribution in [3.05, 3.63) is 46.0 Å². The first-order chi connectivity index (χ1) is 14.1. The molecule has 3 aliphatic heterocycles. The van der Waals surface area contributed by atoms with Gasteiger partial charge in [-0.1, -0.05) is 6.07 Å². The van der Waals surface area contributed by atoms with E-state index in [1.54, 1.807) is 17.2 Å². The quantitative estimate of drug-likeness (QED) is 0.743. The first-order valence-corrected chi connectivity index (χ1v) is 10.3. The van der Waals surface area contributed by atoms with Crippen LogP contribution >= 0.6 is 0 Å². The summed E-state index contributed by atoms with van der Waals surface area (Å²) in [5.74, 6) is -0.306. The fraction of sp³-hybridized carbons (Fsp3) is 0.524. The molecule has 1 atom stereocenters. The Morgan fingerprint density at radius 3 is 2.83 bits per heavy atom. The fourth-order valence-electron chi connectivity index (χ4n) is 4.74.